The Morgan fingerprint density at radius 2 is 2.38 bits per heavy atom. The highest BCUT2D eigenvalue weighted by molar-refractivity contribution is 6.01. The molecule has 0 aromatic carbocycles. The molecule has 13 heavy (non-hydrogen) atoms. The van der Waals surface area contributed by atoms with E-state index >= 15 is 0 Å². The Labute approximate surface area is 79.1 Å². The Hall–Kier alpha value is -0.830. The summed E-state index contributed by atoms with van der Waals surface area (Å²) in [7, 11) is 1.58. The number of aliphatic hydroxyl groups excluding tert-OH is 1. The maximum absolute atomic E-state index is 8.64. The molecule has 1 aliphatic rings. The Morgan fingerprint density at radius 3 is 3.08 bits per heavy atom. The Balaban J connectivity index is 2.35. The van der Waals surface area contributed by atoms with Gasteiger partial charge in [0, 0.05) is 6.61 Å². The summed E-state index contributed by atoms with van der Waals surface area (Å²) >= 11 is 0. The standard InChI is InChI=1S/C10H17NO2/c1-13-11-10-7-4-6-9(10)5-2-3-8-12/h6,12H,2-5,7-8H2,1H3/b11-10+. The zero-order chi connectivity index (χ0) is 9.52. The van der Waals surface area contributed by atoms with Crippen LogP contribution in [-0.4, -0.2) is 24.5 Å². The van der Waals surface area contributed by atoms with Gasteiger partial charge >= 0.3 is 0 Å². The largest absolute Gasteiger partial charge is 0.399 e. The van der Waals surface area contributed by atoms with E-state index in [0.717, 1.165) is 37.8 Å². The minimum Gasteiger partial charge on any atom is -0.399 e. The Bertz CT molecular complexity index is 209. The van der Waals surface area contributed by atoms with E-state index in [1.165, 1.54) is 5.57 Å². The molecule has 0 amide bonds. The molecule has 1 N–H and O–H groups in total. The van der Waals surface area contributed by atoms with Gasteiger partial charge < -0.3 is 9.94 Å². The SMILES string of the molecule is CO/N=C1\CCC=C1CCCCO. The second-order valence-corrected chi connectivity index (χ2v) is 3.17. The second-order valence-electron chi connectivity index (χ2n) is 3.17. The van der Waals surface area contributed by atoms with Crippen LogP contribution in [-0.2, 0) is 4.84 Å². The highest BCUT2D eigenvalue weighted by Crippen LogP contribution is 2.20. The topological polar surface area (TPSA) is 41.8 Å². The van der Waals surface area contributed by atoms with Crippen molar-refractivity contribution in [2.75, 3.05) is 13.7 Å². The molecule has 1 rings (SSSR count). The van der Waals surface area contributed by atoms with E-state index in [9.17, 15) is 0 Å². The molecule has 0 aromatic heterocycles. The van der Waals surface area contributed by atoms with Crippen molar-refractivity contribution >= 4 is 5.71 Å². The molecule has 3 heteroatoms. The summed E-state index contributed by atoms with van der Waals surface area (Å²) in [4.78, 5) is 4.76. The lowest BCUT2D eigenvalue weighted by Crippen LogP contribution is -1.98. The number of oxime groups is 1. The zero-order valence-electron chi connectivity index (χ0n) is 8.12. The van der Waals surface area contributed by atoms with E-state index in [0.29, 0.717) is 0 Å². The van der Waals surface area contributed by atoms with Gasteiger partial charge in [-0.3, -0.25) is 0 Å². The quantitative estimate of drug-likeness (QED) is 0.522. The van der Waals surface area contributed by atoms with Gasteiger partial charge in [-0.25, -0.2) is 0 Å². The Morgan fingerprint density at radius 1 is 1.54 bits per heavy atom. The molecule has 0 radical (unpaired) electrons. The molecule has 1 aliphatic carbocycles. The predicted octanol–water partition coefficient (Wildman–Crippen LogP) is 1.87. The summed E-state index contributed by atoms with van der Waals surface area (Å²) in [5, 5.41) is 12.6. The molecule has 0 saturated heterocycles. The van der Waals surface area contributed by atoms with Crippen LogP contribution in [0.5, 0.6) is 0 Å². The fraction of sp³-hybridized carbons (Fsp3) is 0.700. The fourth-order valence-electron chi connectivity index (χ4n) is 1.55. The van der Waals surface area contributed by atoms with E-state index in [1.807, 2.05) is 0 Å². The third kappa shape index (κ3) is 3.19. The number of aliphatic hydroxyl groups is 1. The van der Waals surface area contributed by atoms with E-state index in [4.69, 9.17) is 9.94 Å². The van der Waals surface area contributed by atoms with Crippen LogP contribution >= 0.6 is 0 Å². The maximum Gasteiger partial charge on any atom is 0.106 e. The lowest BCUT2D eigenvalue weighted by atomic mass is 10.1. The first kappa shape index (κ1) is 10.3. The third-order valence-electron chi connectivity index (χ3n) is 2.20. The molecule has 0 saturated carbocycles. The molecule has 0 fully saturated rings. The molecular formula is C10H17NO2. The molecule has 0 aromatic rings. The predicted molar refractivity (Wildman–Crippen MR) is 52.7 cm³/mol. The summed E-state index contributed by atoms with van der Waals surface area (Å²) in [5.74, 6) is 0. The molecule has 0 heterocycles. The molecular weight excluding hydrogens is 166 g/mol. The molecule has 0 atom stereocenters. The first-order valence-electron chi connectivity index (χ1n) is 4.78. The van der Waals surface area contributed by atoms with Crippen molar-refractivity contribution in [3.8, 4) is 0 Å². The van der Waals surface area contributed by atoms with Crippen molar-refractivity contribution in [2.24, 2.45) is 5.16 Å². The molecule has 0 bridgehead atoms. The van der Waals surface area contributed by atoms with Crippen LogP contribution in [0.25, 0.3) is 0 Å². The maximum atomic E-state index is 8.64. The van der Waals surface area contributed by atoms with E-state index in [-0.39, 0.29) is 6.61 Å². The Kier molecular flexibility index (Phi) is 4.54. The van der Waals surface area contributed by atoms with Crippen molar-refractivity contribution in [2.45, 2.75) is 32.1 Å². The smallest absolute Gasteiger partial charge is 0.106 e. The highest BCUT2D eigenvalue weighted by Gasteiger charge is 2.12. The second kappa shape index (κ2) is 5.75. The lowest BCUT2D eigenvalue weighted by Gasteiger charge is -2.02. The summed E-state index contributed by atoms with van der Waals surface area (Å²) < 4.78 is 0. The average Bonchev–Trinajstić information content (AvgIpc) is 2.54. The van der Waals surface area contributed by atoms with Gasteiger partial charge in [-0.2, -0.15) is 0 Å². The fourth-order valence-corrected chi connectivity index (χ4v) is 1.55. The van der Waals surface area contributed by atoms with Crippen molar-refractivity contribution in [1.82, 2.24) is 0 Å². The van der Waals surface area contributed by atoms with Gasteiger partial charge in [0.1, 0.15) is 7.11 Å². The number of unbranched alkanes of at least 4 members (excludes halogenated alkanes) is 1. The number of nitrogens with zero attached hydrogens (tertiary/aromatic N) is 1. The minimum atomic E-state index is 0.282. The van der Waals surface area contributed by atoms with Crippen LogP contribution in [0, 0.1) is 0 Å². The highest BCUT2D eigenvalue weighted by atomic mass is 16.6. The number of hydrogen-bond acceptors (Lipinski definition) is 3. The van der Waals surface area contributed by atoms with Crippen LogP contribution in [0.2, 0.25) is 0 Å². The van der Waals surface area contributed by atoms with E-state index in [1.54, 1.807) is 7.11 Å². The number of allylic oxidation sites excluding steroid dienone is 2. The summed E-state index contributed by atoms with van der Waals surface area (Å²) in [6.45, 7) is 0.282. The monoisotopic (exact) mass is 183 g/mol. The van der Waals surface area contributed by atoms with Gasteiger partial charge in [0.2, 0.25) is 0 Å². The molecule has 74 valence electrons. The first-order valence-corrected chi connectivity index (χ1v) is 4.78. The van der Waals surface area contributed by atoms with Gasteiger partial charge in [-0.15, -0.1) is 0 Å². The van der Waals surface area contributed by atoms with Gasteiger partial charge in [-0.1, -0.05) is 11.2 Å². The number of hydrogen-bond donors (Lipinski definition) is 1. The van der Waals surface area contributed by atoms with Crippen LogP contribution in [0.1, 0.15) is 32.1 Å². The summed E-state index contributed by atoms with van der Waals surface area (Å²) in [5.41, 5.74) is 2.38. The van der Waals surface area contributed by atoms with Crippen molar-refractivity contribution in [3.63, 3.8) is 0 Å². The van der Waals surface area contributed by atoms with Crippen LogP contribution in [0.15, 0.2) is 16.8 Å². The van der Waals surface area contributed by atoms with E-state index in [2.05, 4.69) is 11.2 Å². The average molecular weight is 183 g/mol. The molecule has 3 nitrogen and oxygen atoms in total. The molecule has 0 spiro atoms. The van der Waals surface area contributed by atoms with Crippen LogP contribution in [0.3, 0.4) is 0 Å². The van der Waals surface area contributed by atoms with Gasteiger partial charge in [0.15, 0.2) is 0 Å². The van der Waals surface area contributed by atoms with Crippen molar-refractivity contribution in [1.29, 1.82) is 0 Å². The first-order chi connectivity index (χ1) is 6.38. The number of rotatable bonds is 5. The molecule has 0 unspecified atom stereocenters. The zero-order valence-corrected chi connectivity index (χ0v) is 8.12. The summed E-state index contributed by atoms with van der Waals surface area (Å²) in [6, 6.07) is 0. The summed E-state index contributed by atoms with van der Waals surface area (Å²) in [6.07, 6.45) is 7.22. The van der Waals surface area contributed by atoms with Crippen molar-refractivity contribution < 1.29 is 9.94 Å². The van der Waals surface area contributed by atoms with Gasteiger partial charge in [0.25, 0.3) is 0 Å². The third-order valence-corrected chi connectivity index (χ3v) is 2.20. The van der Waals surface area contributed by atoms with Crippen LogP contribution < -0.4 is 0 Å². The van der Waals surface area contributed by atoms with Gasteiger partial charge in [-0.05, 0) is 37.7 Å². The van der Waals surface area contributed by atoms with Crippen molar-refractivity contribution in [3.05, 3.63) is 11.6 Å². The lowest BCUT2D eigenvalue weighted by molar-refractivity contribution is 0.213. The van der Waals surface area contributed by atoms with E-state index < -0.39 is 0 Å². The van der Waals surface area contributed by atoms with Gasteiger partial charge in [0.05, 0.1) is 5.71 Å². The minimum absolute atomic E-state index is 0.282. The van der Waals surface area contributed by atoms with Crippen LogP contribution in [0.4, 0.5) is 0 Å². The normalized spacial score (nSPS) is 19.2. The molecule has 0 aliphatic heterocycles.